The van der Waals surface area contributed by atoms with Gasteiger partial charge in [-0.05, 0) is 19.3 Å². The number of nitrogens with zero attached hydrogens (tertiary/aromatic N) is 1. The Morgan fingerprint density at radius 1 is 1.50 bits per heavy atom. The summed E-state index contributed by atoms with van der Waals surface area (Å²) in [7, 11) is 0. The zero-order chi connectivity index (χ0) is 12.0. The number of carbonyl (C=O) groups excluding carboxylic acids is 2. The summed E-state index contributed by atoms with van der Waals surface area (Å²) in [6.45, 7) is 2.09. The third-order valence-electron chi connectivity index (χ3n) is 2.47. The molecule has 0 radical (unpaired) electrons. The van der Waals surface area contributed by atoms with Gasteiger partial charge >= 0.3 is 0 Å². The molecule has 1 fully saturated rings. The lowest BCUT2D eigenvalue weighted by molar-refractivity contribution is -0.124. The first-order chi connectivity index (χ1) is 7.67. The van der Waals surface area contributed by atoms with Crippen molar-refractivity contribution in [3.05, 3.63) is 0 Å². The average Bonchev–Trinajstić information content (AvgIpc) is 3.03. The Morgan fingerprint density at radius 3 is 2.69 bits per heavy atom. The molecule has 0 bridgehead atoms. The summed E-state index contributed by atoms with van der Waals surface area (Å²) in [6.07, 6.45) is 2.90. The zero-order valence-corrected chi connectivity index (χ0v) is 9.45. The van der Waals surface area contributed by atoms with Gasteiger partial charge in [-0.15, -0.1) is 0 Å². The molecular weight excluding hydrogens is 206 g/mol. The van der Waals surface area contributed by atoms with Gasteiger partial charge in [-0.3, -0.25) is 9.59 Å². The smallest absolute Gasteiger partial charge is 0.237 e. The van der Waals surface area contributed by atoms with E-state index < -0.39 is 5.92 Å². The summed E-state index contributed by atoms with van der Waals surface area (Å²) in [4.78, 5) is 22.6. The van der Waals surface area contributed by atoms with Gasteiger partial charge in [0.25, 0.3) is 0 Å². The molecule has 2 amide bonds. The summed E-state index contributed by atoms with van der Waals surface area (Å²) in [5, 5.41) is 14.1. The maximum Gasteiger partial charge on any atom is 0.237 e. The monoisotopic (exact) mass is 223 g/mol. The summed E-state index contributed by atoms with van der Waals surface area (Å²) in [6, 6.07) is 2.27. The molecule has 5 nitrogen and oxygen atoms in total. The van der Waals surface area contributed by atoms with Crippen LogP contribution in [0.1, 0.15) is 32.6 Å². The minimum Gasteiger partial charge on any atom is -0.354 e. The van der Waals surface area contributed by atoms with Crippen LogP contribution in [0.4, 0.5) is 0 Å². The molecule has 5 heteroatoms. The second kappa shape index (κ2) is 6.11. The van der Waals surface area contributed by atoms with Crippen molar-refractivity contribution in [3.63, 3.8) is 0 Å². The number of carbonyl (C=O) groups is 2. The van der Waals surface area contributed by atoms with Crippen LogP contribution in [-0.2, 0) is 9.59 Å². The predicted octanol–water partition coefficient (Wildman–Crippen LogP) is 0.321. The molecule has 0 aromatic rings. The fourth-order valence-electron chi connectivity index (χ4n) is 1.29. The molecule has 0 heterocycles. The highest BCUT2D eigenvalue weighted by Gasteiger charge is 2.23. The van der Waals surface area contributed by atoms with E-state index in [2.05, 4.69) is 10.6 Å². The topological polar surface area (TPSA) is 82.0 Å². The minimum atomic E-state index is -0.605. The largest absolute Gasteiger partial charge is 0.354 e. The molecular formula is C11H17N3O2. The Morgan fingerprint density at radius 2 is 2.19 bits per heavy atom. The second-order valence-electron chi connectivity index (χ2n) is 3.97. The SMILES string of the molecule is CCC(C#N)C(=O)NCCC(=O)NC1CC1. The molecule has 1 atom stereocenters. The van der Waals surface area contributed by atoms with Crippen molar-refractivity contribution in [2.45, 2.75) is 38.6 Å². The number of hydrogen-bond acceptors (Lipinski definition) is 3. The van der Waals surface area contributed by atoms with Crippen LogP contribution in [-0.4, -0.2) is 24.4 Å². The maximum atomic E-state index is 11.4. The van der Waals surface area contributed by atoms with E-state index in [1.165, 1.54) is 0 Å². The molecule has 0 aromatic carbocycles. The molecule has 0 spiro atoms. The van der Waals surface area contributed by atoms with Crippen LogP contribution in [0.25, 0.3) is 0 Å². The van der Waals surface area contributed by atoms with Crippen LogP contribution in [0.3, 0.4) is 0 Å². The Bertz CT molecular complexity index is 305. The van der Waals surface area contributed by atoms with Crippen molar-refractivity contribution in [2.24, 2.45) is 5.92 Å². The number of rotatable bonds is 6. The average molecular weight is 223 g/mol. The highest BCUT2D eigenvalue weighted by atomic mass is 16.2. The van der Waals surface area contributed by atoms with E-state index in [1.54, 1.807) is 6.92 Å². The van der Waals surface area contributed by atoms with E-state index in [0.29, 0.717) is 19.0 Å². The quantitative estimate of drug-likeness (QED) is 0.680. The van der Waals surface area contributed by atoms with Crippen LogP contribution in [0.15, 0.2) is 0 Å². The highest BCUT2D eigenvalue weighted by Crippen LogP contribution is 2.18. The first-order valence-corrected chi connectivity index (χ1v) is 5.64. The molecule has 1 unspecified atom stereocenters. The van der Waals surface area contributed by atoms with Crippen molar-refractivity contribution in [3.8, 4) is 6.07 Å². The van der Waals surface area contributed by atoms with Gasteiger partial charge < -0.3 is 10.6 Å². The lowest BCUT2D eigenvalue weighted by Gasteiger charge is -2.08. The zero-order valence-electron chi connectivity index (χ0n) is 9.45. The maximum absolute atomic E-state index is 11.4. The molecule has 88 valence electrons. The van der Waals surface area contributed by atoms with Crippen molar-refractivity contribution < 1.29 is 9.59 Å². The van der Waals surface area contributed by atoms with Crippen LogP contribution >= 0.6 is 0 Å². The molecule has 0 aromatic heterocycles. The van der Waals surface area contributed by atoms with Crippen molar-refractivity contribution in [1.29, 1.82) is 5.26 Å². The molecule has 16 heavy (non-hydrogen) atoms. The van der Waals surface area contributed by atoms with E-state index in [0.717, 1.165) is 12.8 Å². The number of nitrogens with one attached hydrogen (secondary N) is 2. The van der Waals surface area contributed by atoms with E-state index in [9.17, 15) is 9.59 Å². The van der Waals surface area contributed by atoms with Crippen LogP contribution < -0.4 is 10.6 Å². The van der Waals surface area contributed by atoms with Gasteiger partial charge in [-0.25, -0.2) is 0 Å². The van der Waals surface area contributed by atoms with Crippen LogP contribution in [0.5, 0.6) is 0 Å². The first-order valence-electron chi connectivity index (χ1n) is 5.64. The Balaban J connectivity index is 2.11. The van der Waals surface area contributed by atoms with Gasteiger partial charge in [-0.1, -0.05) is 6.92 Å². The summed E-state index contributed by atoms with van der Waals surface area (Å²) in [5.41, 5.74) is 0. The molecule has 2 N–H and O–H groups in total. The second-order valence-corrected chi connectivity index (χ2v) is 3.97. The summed E-state index contributed by atoms with van der Waals surface area (Å²) in [5.74, 6) is -0.927. The first kappa shape index (κ1) is 12.5. The predicted molar refractivity (Wildman–Crippen MR) is 58.2 cm³/mol. The van der Waals surface area contributed by atoms with Crippen molar-refractivity contribution in [1.82, 2.24) is 10.6 Å². The van der Waals surface area contributed by atoms with Gasteiger partial charge in [0.2, 0.25) is 11.8 Å². The van der Waals surface area contributed by atoms with Crippen LogP contribution in [0, 0.1) is 17.2 Å². The highest BCUT2D eigenvalue weighted by molar-refractivity contribution is 5.82. The van der Waals surface area contributed by atoms with Crippen molar-refractivity contribution in [2.75, 3.05) is 6.54 Å². The van der Waals surface area contributed by atoms with E-state index >= 15 is 0 Å². The van der Waals surface area contributed by atoms with E-state index in [4.69, 9.17) is 5.26 Å². The molecule has 1 aliphatic rings. The third kappa shape index (κ3) is 4.30. The molecule has 0 aliphatic heterocycles. The van der Waals surface area contributed by atoms with Crippen LogP contribution in [0.2, 0.25) is 0 Å². The normalized spacial score (nSPS) is 16.0. The standard InChI is InChI=1S/C11H17N3O2/c1-2-8(7-12)11(16)13-6-5-10(15)14-9-3-4-9/h8-9H,2-6H2,1H3,(H,13,16)(H,14,15). The minimum absolute atomic E-state index is 0.0344. The molecule has 1 saturated carbocycles. The van der Waals surface area contributed by atoms with Gasteiger partial charge in [-0.2, -0.15) is 5.26 Å². The number of nitriles is 1. The van der Waals surface area contributed by atoms with Gasteiger partial charge in [0.15, 0.2) is 0 Å². The fourth-order valence-corrected chi connectivity index (χ4v) is 1.29. The Labute approximate surface area is 95.2 Å². The Hall–Kier alpha value is -1.57. The fraction of sp³-hybridized carbons (Fsp3) is 0.727. The van der Waals surface area contributed by atoms with E-state index in [1.807, 2.05) is 6.07 Å². The lowest BCUT2D eigenvalue weighted by Crippen LogP contribution is -2.34. The molecule has 0 saturated heterocycles. The summed E-state index contributed by atoms with van der Waals surface area (Å²) < 4.78 is 0. The number of hydrogen-bond donors (Lipinski definition) is 2. The summed E-state index contributed by atoms with van der Waals surface area (Å²) >= 11 is 0. The van der Waals surface area contributed by atoms with Gasteiger partial charge in [0, 0.05) is 19.0 Å². The Kier molecular flexibility index (Phi) is 4.77. The molecule has 1 rings (SSSR count). The van der Waals surface area contributed by atoms with E-state index in [-0.39, 0.29) is 18.2 Å². The number of amides is 2. The van der Waals surface area contributed by atoms with Gasteiger partial charge in [0.1, 0.15) is 5.92 Å². The lowest BCUT2D eigenvalue weighted by atomic mass is 10.1. The third-order valence-corrected chi connectivity index (χ3v) is 2.47. The molecule has 1 aliphatic carbocycles. The van der Waals surface area contributed by atoms with Gasteiger partial charge in [0.05, 0.1) is 6.07 Å². The van der Waals surface area contributed by atoms with Crippen molar-refractivity contribution >= 4 is 11.8 Å².